The summed E-state index contributed by atoms with van der Waals surface area (Å²) in [5.41, 5.74) is -0.0876. The summed E-state index contributed by atoms with van der Waals surface area (Å²) in [5, 5.41) is 2.96. The number of hydrogen-bond donors (Lipinski definition) is 1. The molecule has 0 saturated heterocycles. The number of aromatic nitrogens is 2. The van der Waals surface area contributed by atoms with Crippen molar-refractivity contribution in [3.05, 3.63) is 40.9 Å². The van der Waals surface area contributed by atoms with Crippen molar-refractivity contribution in [3.63, 3.8) is 0 Å². The molecule has 82 valence electrons. The molecule has 0 saturated carbocycles. The van der Waals surface area contributed by atoms with Gasteiger partial charge >= 0.3 is 0 Å². The van der Waals surface area contributed by atoms with E-state index in [-0.39, 0.29) is 5.56 Å². The molecule has 1 N–H and O–H groups in total. The van der Waals surface area contributed by atoms with E-state index in [1.807, 2.05) is 6.92 Å². The number of halogens is 1. The molecule has 0 atom stereocenters. The van der Waals surface area contributed by atoms with Gasteiger partial charge in [-0.1, -0.05) is 0 Å². The van der Waals surface area contributed by atoms with Crippen LogP contribution in [0.5, 0.6) is 0 Å². The van der Waals surface area contributed by atoms with Gasteiger partial charge in [0.2, 0.25) is 5.95 Å². The van der Waals surface area contributed by atoms with Crippen LogP contribution in [-0.2, 0) is 0 Å². The predicted molar refractivity (Wildman–Crippen MR) is 59.0 cm³/mol. The van der Waals surface area contributed by atoms with Gasteiger partial charge in [0.05, 0.1) is 5.56 Å². The number of pyridine rings is 1. The first-order chi connectivity index (χ1) is 7.66. The van der Waals surface area contributed by atoms with Crippen LogP contribution in [0.2, 0.25) is 0 Å². The molecule has 0 aliphatic heterocycles. The van der Waals surface area contributed by atoms with Gasteiger partial charge in [-0.05, 0) is 19.1 Å². The van der Waals surface area contributed by atoms with Crippen molar-refractivity contribution >= 4 is 22.4 Å². The second-order valence-electron chi connectivity index (χ2n) is 3.07. The van der Waals surface area contributed by atoms with Gasteiger partial charge in [0.25, 0.3) is 5.91 Å². The molecule has 6 heteroatoms. The number of nitrogens with one attached hydrogen (secondary N) is 1. The quantitative estimate of drug-likeness (QED) is 0.815. The molecule has 0 aliphatic rings. The Kier molecular flexibility index (Phi) is 2.91. The van der Waals surface area contributed by atoms with Gasteiger partial charge in [-0.2, -0.15) is 4.39 Å². The summed E-state index contributed by atoms with van der Waals surface area (Å²) in [6.45, 7) is 1.87. The Hall–Kier alpha value is -1.82. The Morgan fingerprint density at radius 2 is 2.31 bits per heavy atom. The maximum atomic E-state index is 13.2. The third kappa shape index (κ3) is 2.22. The summed E-state index contributed by atoms with van der Waals surface area (Å²) in [4.78, 5) is 20.0. The van der Waals surface area contributed by atoms with E-state index in [9.17, 15) is 9.18 Å². The van der Waals surface area contributed by atoms with Crippen LogP contribution in [-0.4, -0.2) is 15.9 Å². The second-order valence-corrected chi connectivity index (χ2v) is 4.31. The fraction of sp³-hybridized carbons (Fsp3) is 0.100. The molecule has 0 spiro atoms. The monoisotopic (exact) mass is 237 g/mol. The summed E-state index contributed by atoms with van der Waals surface area (Å²) in [6.07, 6.45) is 2.93. The van der Waals surface area contributed by atoms with E-state index in [4.69, 9.17) is 0 Å². The van der Waals surface area contributed by atoms with Crippen LogP contribution in [0.1, 0.15) is 15.2 Å². The largest absolute Gasteiger partial charge is 0.298 e. The van der Waals surface area contributed by atoms with Gasteiger partial charge in [0.1, 0.15) is 0 Å². The smallest absolute Gasteiger partial charge is 0.262 e. The van der Waals surface area contributed by atoms with E-state index >= 15 is 0 Å². The molecule has 2 aromatic heterocycles. The van der Waals surface area contributed by atoms with Crippen molar-refractivity contribution in [2.45, 2.75) is 6.92 Å². The molecule has 2 heterocycles. The maximum absolute atomic E-state index is 13.2. The highest BCUT2D eigenvalue weighted by Crippen LogP contribution is 2.17. The van der Waals surface area contributed by atoms with Crippen LogP contribution in [0.25, 0.3) is 0 Å². The third-order valence-corrected chi connectivity index (χ3v) is 2.67. The molecule has 0 unspecified atom stereocenters. The second kappa shape index (κ2) is 4.36. The maximum Gasteiger partial charge on any atom is 0.262 e. The highest BCUT2D eigenvalue weighted by Gasteiger charge is 2.13. The van der Waals surface area contributed by atoms with Gasteiger partial charge in [0.15, 0.2) is 5.13 Å². The zero-order valence-corrected chi connectivity index (χ0v) is 9.21. The number of carbonyl (C=O) groups is 1. The molecular formula is C10H8FN3OS. The first-order valence-electron chi connectivity index (χ1n) is 4.51. The number of nitrogens with zero attached hydrogens (tertiary/aromatic N) is 2. The molecule has 0 bridgehead atoms. The van der Waals surface area contributed by atoms with Crippen LogP contribution in [0.4, 0.5) is 9.52 Å². The summed E-state index contributed by atoms with van der Waals surface area (Å²) in [7, 11) is 0. The Morgan fingerprint density at radius 3 is 2.94 bits per heavy atom. The lowest BCUT2D eigenvalue weighted by molar-refractivity contribution is 0.102. The molecule has 2 rings (SSSR count). The summed E-state index contributed by atoms with van der Waals surface area (Å²) < 4.78 is 13.2. The van der Waals surface area contributed by atoms with Crippen LogP contribution < -0.4 is 5.32 Å². The molecule has 16 heavy (non-hydrogen) atoms. The first-order valence-corrected chi connectivity index (χ1v) is 5.33. The number of aryl methyl sites for hydroxylation is 1. The van der Waals surface area contributed by atoms with Crippen LogP contribution in [0.3, 0.4) is 0 Å². The topological polar surface area (TPSA) is 54.9 Å². The third-order valence-electron chi connectivity index (χ3n) is 1.85. The molecule has 0 fully saturated rings. The number of hydrogen-bond acceptors (Lipinski definition) is 4. The van der Waals surface area contributed by atoms with E-state index < -0.39 is 11.9 Å². The van der Waals surface area contributed by atoms with Crippen molar-refractivity contribution < 1.29 is 9.18 Å². The average molecular weight is 237 g/mol. The molecule has 1 amide bonds. The molecule has 0 aliphatic carbocycles. The molecule has 0 aromatic carbocycles. The Labute approximate surface area is 95.2 Å². The van der Waals surface area contributed by atoms with Crippen LogP contribution in [0, 0.1) is 12.9 Å². The molecule has 2 aromatic rings. The number of rotatable bonds is 2. The summed E-state index contributed by atoms with van der Waals surface area (Å²) in [5.74, 6) is -1.33. The lowest BCUT2D eigenvalue weighted by atomic mass is 10.2. The fourth-order valence-corrected chi connectivity index (χ4v) is 1.79. The van der Waals surface area contributed by atoms with E-state index in [1.54, 1.807) is 6.20 Å². The SMILES string of the molecule is Cc1cnc(NC(=O)c2cccnc2F)s1. The van der Waals surface area contributed by atoms with E-state index in [0.717, 1.165) is 4.88 Å². The van der Waals surface area contributed by atoms with Crippen molar-refractivity contribution in [1.29, 1.82) is 0 Å². The van der Waals surface area contributed by atoms with Gasteiger partial charge in [-0.25, -0.2) is 9.97 Å². The highest BCUT2D eigenvalue weighted by molar-refractivity contribution is 7.15. The minimum absolute atomic E-state index is 0.0876. The molecule has 0 radical (unpaired) electrons. The Morgan fingerprint density at radius 1 is 1.50 bits per heavy atom. The van der Waals surface area contributed by atoms with E-state index in [2.05, 4.69) is 15.3 Å². The summed E-state index contributed by atoms with van der Waals surface area (Å²) in [6, 6.07) is 2.88. The molecule has 4 nitrogen and oxygen atoms in total. The minimum atomic E-state index is -0.784. The normalized spacial score (nSPS) is 10.1. The van der Waals surface area contributed by atoms with Gasteiger partial charge in [-0.3, -0.25) is 10.1 Å². The summed E-state index contributed by atoms with van der Waals surface area (Å²) >= 11 is 1.33. The Balaban J connectivity index is 2.18. The van der Waals surface area contributed by atoms with Crippen molar-refractivity contribution in [2.24, 2.45) is 0 Å². The number of amides is 1. The van der Waals surface area contributed by atoms with Gasteiger partial charge in [0, 0.05) is 17.3 Å². The highest BCUT2D eigenvalue weighted by atomic mass is 32.1. The van der Waals surface area contributed by atoms with Crippen LogP contribution >= 0.6 is 11.3 Å². The van der Waals surface area contributed by atoms with Crippen molar-refractivity contribution in [1.82, 2.24) is 9.97 Å². The minimum Gasteiger partial charge on any atom is -0.298 e. The predicted octanol–water partition coefficient (Wildman–Crippen LogP) is 2.24. The van der Waals surface area contributed by atoms with E-state index in [0.29, 0.717) is 5.13 Å². The Bertz CT molecular complexity index is 526. The van der Waals surface area contributed by atoms with Crippen molar-refractivity contribution in [2.75, 3.05) is 5.32 Å². The average Bonchev–Trinajstić information content (AvgIpc) is 2.64. The lowest BCUT2D eigenvalue weighted by Crippen LogP contribution is -2.14. The van der Waals surface area contributed by atoms with Crippen LogP contribution in [0.15, 0.2) is 24.5 Å². The van der Waals surface area contributed by atoms with Crippen molar-refractivity contribution in [3.8, 4) is 0 Å². The molecular weight excluding hydrogens is 229 g/mol. The van der Waals surface area contributed by atoms with Gasteiger partial charge in [-0.15, -0.1) is 11.3 Å². The van der Waals surface area contributed by atoms with E-state index in [1.165, 1.54) is 29.7 Å². The van der Waals surface area contributed by atoms with Gasteiger partial charge < -0.3 is 0 Å². The lowest BCUT2D eigenvalue weighted by Gasteiger charge is -2.01. The zero-order valence-electron chi connectivity index (χ0n) is 8.40. The number of carbonyl (C=O) groups excluding carboxylic acids is 1. The zero-order chi connectivity index (χ0) is 11.5. The first kappa shape index (κ1) is 10.7. The fourth-order valence-electron chi connectivity index (χ4n) is 1.13. The number of thiazole rings is 1. The number of anilines is 1. The standard InChI is InChI=1S/C10H8FN3OS/c1-6-5-13-10(16-6)14-9(15)7-3-2-4-12-8(7)11/h2-5H,1H3,(H,13,14,15).